The molecule has 108 valence electrons. The minimum Gasteiger partial charge on any atom is -0.330 e. The van der Waals surface area contributed by atoms with Crippen LogP contribution in [0.5, 0.6) is 0 Å². The van der Waals surface area contributed by atoms with Crippen molar-refractivity contribution in [1.82, 2.24) is 14.3 Å². The lowest BCUT2D eigenvalue weighted by Gasteiger charge is -2.36. The number of rotatable bonds is 3. The fraction of sp³-hybridized carbons (Fsp3) is 0.571. The standard InChI is InChI=1S/C14H20N4OS/c1-10-2-3-17(8-11(10)7-15)9-12-6-13(19)18-4-5-20-14(18)16-12/h4-6,10-11H,2-3,7-9,15H2,1H3. The molecule has 0 radical (unpaired) electrons. The van der Waals surface area contributed by atoms with E-state index >= 15 is 0 Å². The van der Waals surface area contributed by atoms with E-state index in [1.165, 1.54) is 17.8 Å². The topological polar surface area (TPSA) is 63.6 Å². The van der Waals surface area contributed by atoms with Crippen molar-refractivity contribution in [2.24, 2.45) is 17.6 Å². The van der Waals surface area contributed by atoms with Gasteiger partial charge in [-0.3, -0.25) is 14.1 Å². The molecule has 2 N–H and O–H groups in total. The fourth-order valence-electron chi connectivity index (χ4n) is 2.87. The highest BCUT2D eigenvalue weighted by molar-refractivity contribution is 7.15. The van der Waals surface area contributed by atoms with Crippen LogP contribution in [0, 0.1) is 11.8 Å². The zero-order chi connectivity index (χ0) is 14.1. The summed E-state index contributed by atoms with van der Waals surface area (Å²) >= 11 is 1.50. The third-order valence-electron chi connectivity index (χ3n) is 4.24. The van der Waals surface area contributed by atoms with Gasteiger partial charge in [-0.15, -0.1) is 11.3 Å². The van der Waals surface area contributed by atoms with E-state index in [1.807, 2.05) is 5.38 Å². The lowest BCUT2D eigenvalue weighted by molar-refractivity contribution is 0.125. The molecule has 6 heteroatoms. The van der Waals surface area contributed by atoms with Crippen LogP contribution in [-0.2, 0) is 6.54 Å². The zero-order valence-electron chi connectivity index (χ0n) is 11.7. The number of hydrogen-bond donors (Lipinski definition) is 1. The van der Waals surface area contributed by atoms with Crippen LogP contribution in [0.1, 0.15) is 19.0 Å². The second-order valence-corrected chi connectivity index (χ2v) is 6.51. The predicted molar refractivity (Wildman–Crippen MR) is 80.9 cm³/mol. The molecule has 3 heterocycles. The van der Waals surface area contributed by atoms with Crippen LogP contribution in [0.15, 0.2) is 22.4 Å². The quantitative estimate of drug-likeness (QED) is 0.922. The molecule has 1 aliphatic heterocycles. The van der Waals surface area contributed by atoms with Gasteiger partial charge >= 0.3 is 0 Å². The Bertz CT molecular complexity index is 650. The van der Waals surface area contributed by atoms with Crippen molar-refractivity contribution in [3.63, 3.8) is 0 Å². The van der Waals surface area contributed by atoms with E-state index in [4.69, 9.17) is 5.73 Å². The van der Waals surface area contributed by atoms with Gasteiger partial charge in [-0.1, -0.05) is 6.92 Å². The summed E-state index contributed by atoms with van der Waals surface area (Å²) in [5, 5.41) is 1.89. The van der Waals surface area contributed by atoms with Gasteiger partial charge in [0.2, 0.25) is 0 Å². The summed E-state index contributed by atoms with van der Waals surface area (Å²) < 4.78 is 1.59. The van der Waals surface area contributed by atoms with Crippen molar-refractivity contribution >= 4 is 16.3 Å². The summed E-state index contributed by atoms with van der Waals surface area (Å²) in [7, 11) is 0. The first kappa shape index (κ1) is 13.7. The molecule has 3 rings (SSSR count). The van der Waals surface area contributed by atoms with Crippen LogP contribution in [0.25, 0.3) is 4.96 Å². The van der Waals surface area contributed by atoms with Gasteiger partial charge in [0.15, 0.2) is 4.96 Å². The summed E-state index contributed by atoms with van der Waals surface area (Å²) in [6.07, 6.45) is 2.94. The second-order valence-electron chi connectivity index (χ2n) is 5.64. The Hall–Kier alpha value is -1.24. The molecule has 1 fully saturated rings. The van der Waals surface area contributed by atoms with Gasteiger partial charge in [0.1, 0.15) is 0 Å². The molecule has 2 atom stereocenters. The molecule has 1 saturated heterocycles. The lowest BCUT2D eigenvalue weighted by Crippen LogP contribution is -2.42. The van der Waals surface area contributed by atoms with Crippen LogP contribution >= 0.6 is 11.3 Å². The third kappa shape index (κ3) is 2.63. The predicted octanol–water partition coefficient (Wildman–Crippen LogP) is 1.17. The maximum atomic E-state index is 12.0. The van der Waals surface area contributed by atoms with Crippen LogP contribution in [0.3, 0.4) is 0 Å². The molecule has 0 saturated carbocycles. The Morgan fingerprint density at radius 2 is 2.40 bits per heavy atom. The minimum absolute atomic E-state index is 0.00648. The second kappa shape index (κ2) is 5.63. The summed E-state index contributed by atoms with van der Waals surface area (Å²) in [5.41, 5.74) is 6.71. The van der Waals surface area contributed by atoms with E-state index < -0.39 is 0 Å². The number of nitrogens with two attached hydrogens (primary N) is 1. The molecule has 2 aromatic rings. The minimum atomic E-state index is 0.00648. The summed E-state index contributed by atoms with van der Waals surface area (Å²) in [5.74, 6) is 1.24. The van der Waals surface area contributed by atoms with Gasteiger partial charge in [0.05, 0.1) is 5.69 Å². The smallest absolute Gasteiger partial charge is 0.258 e. The Balaban J connectivity index is 1.77. The van der Waals surface area contributed by atoms with Crippen LogP contribution in [0.4, 0.5) is 0 Å². The van der Waals surface area contributed by atoms with Crippen molar-refractivity contribution in [3.8, 4) is 0 Å². The molecular weight excluding hydrogens is 272 g/mol. The average Bonchev–Trinajstić information content (AvgIpc) is 2.90. The number of thiazole rings is 1. The van der Waals surface area contributed by atoms with Crippen molar-refractivity contribution < 1.29 is 0 Å². The van der Waals surface area contributed by atoms with Gasteiger partial charge in [-0.05, 0) is 31.3 Å². The van der Waals surface area contributed by atoms with Gasteiger partial charge in [0.25, 0.3) is 5.56 Å². The number of aromatic nitrogens is 2. The largest absolute Gasteiger partial charge is 0.330 e. The highest BCUT2D eigenvalue weighted by Gasteiger charge is 2.25. The molecule has 1 aliphatic rings. The first-order valence-corrected chi connectivity index (χ1v) is 7.93. The first-order valence-electron chi connectivity index (χ1n) is 7.05. The third-order valence-corrected chi connectivity index (χ3v) is 5.00. The van der Waals surface area contributed by atoms with Crippen molar-refractivity contribution in [2.45, 2.75) is 19.9 Å². The molecule has 20 heavy (non-hydrogen) atoms. The molecule has 0 spiro atoms. The Kier molecular flexibility index (Phi) is 3.87. The van der Waals surface area contributed by atoms with Crippen molar-refractivity contribution in [2.75, 3.05) is 19.6 Å². The van der Waals surface area contributed by atoms with E-state index in [9.17, 15) is 4.79 Å². The van der Waals surface area contributed by atoms with E-state index in [2.05, 4.69) is 16.8 Å². The highest BCUT2D eigenvalue weighted by Crippen LogP contribution is 2.23. The van der Waals surface area contributed by atoms with Crippen LogP contribution in [0.2, 0.25) is 0 Å². The van der Waals surface area contributed by atoms with Gasteiger partial charge < -0.3 is 5.73 Å². The Morgan fingerprint density at radius 3 is 3.20 bits per heavy atom. The number of piperidine rings is 1. The van der Waals surface area contributed by atoms with E-state index in [0.717, 1.165) is 36.8 Å². The molecule has 2 aromatic heterocycles. The maximum absolute atomic E-state index is 12.0. The highest BCUT2D eigenvalue weighted by atomic mass is 32.1. The maximum Gasteiger partial charge on any atom is 0.258 e. The van der Waals surface area contributed by atoms with E-state index in [0.29, 0.717) is 11.8 Å². The molecular formula is C14H20N4OS. The zero-order valence-corrected chi connectivity index (χ0v) is 12.5. The van der Waals surface area contributed by atoms with Crippen molar-refractivity contribution in [3.05, 3.63) is 33.7 Å². The van der Waals surface area contributed by atoms with E-state index in [-0.39, 0.29) is 5.56 Å². The normalized spacial score (nSPS) is 24.3. The molecule has 0 aromatic carbocycles. The van der Waals surface area contributed by atoms with Gasteiger partial charge in [0, 0.05) is 30.7 Å². The van der Waals surface area contributed by atoms with E-state index in [1.54, 1.807) is 16.7 Å². The summed E-state index contributed by atoms with van der Waals surface area (Å²) in [6, 6.07) is 1.65. The molecule has 5 nitrogen and oxygen atoms in total. The number of nitrogens with zero attached hydrogens (tertiary/aromatic N) is 3. The monoisotopic (exact) mass is 292 g/mol. The van der Waals surface area contributed by atoms with Crippen LogP contribution in [-0.4, -0.2) is 33.9 Å². The SMILES string of the molecule is CC1CCN(Cc2cc(=O)n3ccsc3n2)CC1CN. The van der Waals surface area contributed by atoms with Gasteiger partial charge in [-0.25, -0.2) is 4.98 Å². The first-order chi connectivity index (χ1) is 9.67. The molecule has 0 aliphatic carbocycles. The molecule has 2 unspecified atom stereocenters. The van der Waals surface area contributed by atoms with Crippen molar-refractivity contribution in [1.29, 1.82) is 0 Å². The Labute approximate surface area is 122 Å². The fourth-order valence-corrected chi connectivity index (χ4v) is 3.61. The van der Waals surface area contributed by atoms with Crippen LogP contribution < -0.4 is 11.3 Å². The van der Waals surface area contributed by atoms with Gasteiger partial charge in [-0.2, -0.15) is 0 Å². The molecule has 0 amide bonds. The number of hydrogen-bond acceptors (Lipinski definition) is 5. The summed E-state index contributed by atoms with van der Waals surface area (Å²) in [4.78, 5) is 19.7. The Morgan fingerprint density at radius 1 is 1.55 bits per heavy atom. The number of fused-ring (bicyclic) bond motifs is 1. The summed E-state index contributed by atoms with van der Waals surface area (Å²) in [6.45, 7) is 5.81. The lowest BCUT2D eigenvalue weighted by atomic mass is 9.87. The number of likely N-dealkylation sites (tertiary alicyclic amines) is 1. The average molecular weight is 292 g/mol. The molecule has 0 bridgehead atoms.